The number of fused-ring (bicyclic) bond motifs is 1. The Labute approximate surface area is 195 Å². The highest BCUT2D eigenvalue weighted by molar-refractivity contribution is 7.96. The maximum atomic E-state index is 13.1. The summed E-state index contributed by atoms with van der Waals surface area (Å²) >= 11 is 0. The molecule has 0 aliphatic heterocycles. The second-order valence-corrected chi connectivity index (χ2v) is 9.21. The molecule has 0 saturated heterocycles. The Balaban J connectivity index is 1.64. The van der Waals surface area contributed by atoms with Crippen LogP contribution in [0.4, 0.5) is 17.3 Å². The second kappa shape index (κ2) is 9.32. The van der Waals surface area contributed by atoms with E-state index in [1.807, 2.05) is 0 Å². The van der Waals surface area contributed by atoms with Gasteiger partial charge in [-0.3, -0.25) is 9.52 Å². The summed E-state index contributed by atoms with van der Waals surface area (Å²) in [6.07, 6.45) is 4.90. The summed E-state index contributed by atoms with van der Waals surface area (Å²) in [4.78, 5) is 31.3. The topological polar surface area (TPSA) is 150 Å². The Morgan fingerprint density at radius 2 is 1.65 bits per heavy atom. The minimum absolute atomic E-state index is 0.0145. The van der Waals surface area contributed by atoms with Crippen LogP contribution >= 0.6 is 0 Å². The number of carbonyl (C=O) groups is 2. The number of nitrogens with zero attached hydrogens (tertiary/aromatic N) is 2. The van der Waals surface area contributed by atoms with Gasteiger partial charge in [0.1, 0.15) is 0 Å². The highest BCUT2D eigenvalue weighted by Crippen LogP contribution is 2.28. The van der Waals surface area contributed by atoms with E-state index in [-0.39, 0.29) is 34.1 Å². The molecule has 1 amide bonds. The summed E-state index contributed by atoms with van der Waals surface area (Å²) < 4.78 is 28.6. The molecule has 3 aromatic rings. The van der Waals surface area contributed by atoms with Gasteiger partial charge in [-0.25, -0.2) is 23.2 Å². The van der Waals surface area contributed by atoms with Crippen LogP contribution < -0.4 is 15.4 Å². The molecule has 0 radical (unpaired) electrons. The van der Waals surface area contributed by atoms with Crippen LogP contribution in [0.15, 0.2) is 71.7 Å². The van der Waals surface area contributed by atoms with Crippen LogP contribution in [0.25, 0.3) is 11.0 Å². The number of hydrogen-bond acceptors (Lipinski definition) is 7. The van der Waals surface area contributed by atoms with Crippen molar-refractivity contribution in [2.75, 3.05) is 10.0 Å². The quantitative estimate of drug-likeness (QED) is 0.403. The van der Waals surface area contributed by atoms with Crippen LogP contribution in [0.1, 0.15) is 23.7 Å². The number of anilines is 3. The molecule has 0 spiro atoms. The third kappa shape index (κ3) is 5.21. The molecule has 0 saturated carbocycles. The first-order chi connectivity index (χ1) is 16.2. The third-order valence-corrected chi connectivity index (χ3v) is 6.35. The maximum absolute atomic E-state index is 13.1. The molecular weight excluding hydrogens is 458 g/mol. The summed E-state index contributed by atoms with van der Waals surface area (Å²) in [6, 6.07) is 12.7. The molecule has 1 aromatic heterocycles. The number of benzene rings is 2. The Hall–Kier alpha value is -4.25. The summed E-state index contributed by atoms with van der Waals surface area (Å²) in [5.74, 6) is -1.12. The van der Waals surface area contributed by atoms with Gasteiger partial charge in [0.15, 0.2) is 11.6 Å². The Morgan fingerprint density at radius 3 is 2.21 bits per heavy atom. The van der Waals surface area contributed by atoms with Gasteiger partial charge in [-0.15, -0.1) is 0 Å². The average molecular weight is 480 g/mol. The zero-order valence-corrected chi connectivity index (χ0v) is 18.8. The van der Waals surface area contributed by atoms with Crippen molar-refractivity contribution in [1.82, 2.24) is 15.3 Å². The molecule has 1 aliphatic carbocycles. The molecule has 34 heavy (non-hydrogen) atoms. The van der Waals surface area contributed by atoms with E-state index in [0.717, 1.165) is 0 Å². The van der Waals surface area contributed by atoms with Gasteiger partial charge >= 0.3 is 5.97 Å². The molecule has 10 nitrogen and oxygen atoms in total. The van der Waals surface area contributed by atoms with Gasteiger partial charge in [-0.05, 0) is 48.9 Å². The average Bonchev–Trinajstić information content (AvgIpc) is 2.79. The standard InChI is InChI=1S/C23H21N5O5S/c1-14(29)24-16-10-12-18(13-11-16)34(32,33)28-22-21(26-19-4-2-3-5-20(19)27-22)25-17-8-6-15(7-9-17)23(30)31/h2-10,12-13,16H,11H2,1H3,(H,24,29)(H,25,26)(H,27,28)(H,30,31). The molecule has 11 heteroatoms. The lowest BCUT2D eigenvalue weighted by Gasteiger charge is -2.18. The lowest BCUT2D eigenvalue weighted by atomic mass is 10.1. The zero-order chi connectivity index (χ0) is 24.3. The summed E-state index contributed by atoms with van der Waals surface area (Å²) in [7, 11) is -4.00. The lowest BCUT2D eigenvalue weighted by molar-refractivity contribution is -0.119. The fraction of sp³-hybridized carbons (Fsp3) is 0.130. The van der Waals surface area contributed by atoms with E-state index in [2.05, 4.69) is 25.3 Å². The fourth-order valence-corrected chi connectivity index (χ4v) is 4.43. The van der Waals surface area contributed by atoms with Crippen LogP contribution in [0, 0.1) is 0 Å². The van der Waals surface area contributed by atoms with Gasteiger partial charge in [0.05, 0.1) is 27.5 Å². The van der Waals surface area contributed by atoms with Gasteiger partial charge in [0, 0.05) is 12.6 Å². The second-order valence-electron chi connectivity index (χ2n) is 7.53. The van der Waals surface area contributed by atoms with Gasteiger partial charge in [-0.1, -0.05) is 24.3 Å². The summed E-state index contributed by atoms with van der Waals surface area (Å²) in [5, 5.41) is 14.8. The van der Waals surface area contributed by atoms with E-state index < -0.39 is 16.0 Å². The van der Waals surface area contributed by atoms with Crippen molar-refractivity contribution in [3.05, 3.63) is 77.2 Å². The first-order valence-electron chi connectivity index (χ1n) is 10.3. The first kappa shape index (κ1) is 22.9. The minimum Gasteiger partial charge on any atom is -0.478 e. The Kier molecular flexibility index (Phi) is 6.28. The fourth-order valence-electron chi connectivity index (χ4n) is 3.35. The van der Waals surface area contributed by atoms with E-state index >= 15 is 0 Å². The number of aromatic nitrogens is 2. The van der Waals surface area contributed by atoms with Gasteiger partial charge in [0.25, 0.3) is 10.0 Å². The number of allylic oxidation sites excluding steroid dienone is 1. The van der Waals surface area contributed by atoms with Crippen LogP contribution in [-0.2, 0) is 14.8 Å². The number of para-hydroxylation sites is 2. The smallest absolute Gasteiger partial charge is 0.335 e. The van der Waals surface area contributed by atoms with E-state index in [1.54, 1.807) is 42.5 Å². The first-order valence-corrected chi connectivity index (χ1v) is 11.7. The summed E-state index contributed by atoms with van der Waals surface area (Å²) in [5.41, 5.74) is 1.66. The van der Waals surface area contributed by atoms with Crippen molar-refractivity contribution in [2.45, 2.75) is 19.4 Å². The molecule has 1 atom stereocenters. The Morgan fingerprint density at radius 1 is 1.00 bits per heavy atom. The van der Waals surface area contributed by atoms with Crippen molar-refractivity contribution < 1.29 is 23.1 Å². The maximum Gasteiger partial charge on any atom is 0.335 e. The van der Waals surface area contributed by atoms with E-state index in [4.69, 9.17) is 5.11 Å². The molecule has 1 heterocycles. The molecule has 1 aliphatic rings. The number of aromatic carboxylic acids is 1. The molecule has 0 bridgehead atoms. The lowest BCUT2D eigenvalue weighted by Crippen LogP contribution is -2.32. The molecule has 1 unspecified atom stereocenters. The number of carbonyl (C=O) groups excluding carboxylic acids is 1. The van der Waals surface area contributed by atoms with Crippen LogP contribution in [0.5, 0.6) is 0 Å². The predicted octanol–water partition coefficient (Wildman–Crippen LogP) is 3.16. The molecule has 4 rings (SSSR count). The van der Waals surface area contributed by atoms with Crippen molar-refractivity contribution in [1.29, 1.82) is 0 Å². The van der Waals surface area contributed by atoms with Gasteiger partial charge < -0.3 is 15.7 Å². The normalized spacial score (nSPS) is 15.4. The Bertz CT molecular complexity index is 1430. The predicted molar refractivity (Wildman–Crippen MR) is 128 cm³/mol. The molecule has 4 N–H and O–H groups in total. The highest BCUT2D eigenvalue weighted by atomic mass is 32.2. The number of carboxylic acid groups (broad SMARTS) is 1. The number of nitrogens with one attached hydrogen (secondary N) is 3. The van der Waals surface area contributed by atoms with Crippen LogP contribution in [0.3, 0.4) is 0 Å². The van der Waals surface area contributed by atoms with E-state index in [9.17, 15) is 18.0 Å². The van der Waals surface area contributed by atoms with Crippen LogP contribution in [0.2, 0.25) is 0 Å². The molecular formula is C23H21N5O5S. The summed E-state index contributed by atoms with van der Waals surface area (Å²) in [6.45, 7) is 1.40. The molecule has 2 aromatic carbocycles. The number of carboxylic acids is 1. The zero-order valence-electron chi connectivity index (χ0n) is 18.0. The number of amides is 1. The van der Waals surface area contributed by atoms with Crippen molar-refractivity contribution in [3.8, 4) is 0 Å². The minimum atomic E-state index is -4.00. The van der Waals surface area contributed by atoms with Crippen molar-refractivity contribution in [3.63, 3.8) is 0 Å². The van der Waals surface area contributed by atoms with Crippen LogP contribution in [-0.4, -0.2) is 41.4 Å². The van der Waals surface area contributed by atoms with E-state index in [1.165, 1.54) is 31.2 Å². The number of hydrogen-bond donors (Lipinski definition) is 4. The largest absolute Gasteiger partial charge is 0.478 e. The van der Waals surface area contributed by atoms with Gasteiger partial charge in [-0.2, -0.15) is 0 Å². The number of sulfonamides is 1. The van der Waals surface area contributed by atoms with E-state index in [0.29, 0.717) is 23.1 Å². The van der Waals surface area contributed by atoms with Crippen molar-refractivity contribution >= 4 is 50.3 Å². The SMILES string of the molecule is CC(=O)NC1C=CC(S(=O)(=O)Nc2nc3ccccc3nc2Nc2ccc(C(=O)O)cc2)=CC1. The third-order valence-electron chi connectivity index (χ3n) is 4.96. The number of rotatable bonds is 7. The van der Waals surface area contributed by atoms with Gasteiger partial charge in [0.2, 0.25) is 5.91 Å². The van der Waals surface area contributed by atoms with Crippen molar-refractivity contribution in [2.24, 2.45) is 0 Å². The highest BCUT2D eigenvalue weighted by Gasteiger charge is 2.22. The molecule has 0 fully saturated rings. The monoisotopic (exact) mass is 479 g/mol. The molecule has 174 valence electrons.